The van der Waals surface area contributed by atoms with E-state index in [0.717, 1.165) is 25.7 Å². The Balaban J connectivity index is 1.39. The number of hydrogen-bond donors (Lipinski definition) is 3. The summed E-state index contributed by atoms with van der Waals surface area (Å²) in [4.78, 5) is 28.3. The molecule has 2 fully saturated rings. The number of fused-ring (bicyclic) bond motifs is 3. The number of anilines is 2. The van der Waals surface area contributed by atoms with Gasteiger partial charge in [0.2, 0.25) is 0 Å². The first-order valence-corrected chi connectivity index (χ1v) is 16.3. The number of amides is 2. The number of hydrogen-bond acceptors (Lipinski definition) is 7. The number of carbonyl (C=O) groups is 2. The molecule has 0 spiro atoms. The van der Waals surface area contributed by atoms with Crippen LogP contribution >= 0.6 is 0 Å². The summed E-state index contributed by atoms with van der Waals surface area (Å²) >= 11 is -1.86. The summed E-state index contributed by atoms with van der Waals surface area (Å²) in [5.41, 5.74) is 1.45. The molecule has 4 heterocycles. The first-order chi connectivity index (χ1) is 21.5. The molecule has 45 heavy (non-hydrogen) atoms. The van der Waals surface area contributed by atoms with Crippen LogP contribution in [0.1, 0.15) is 41.7 Å². The molecule has 0 radical (unpaired) electrons. The molecular weight excluding hydrogens is 654 g/mol. The van der Waals surface area contributed by atoms with E-state index >= 15 is 0 Å². The third-order valence-corrected chi connectivity index (χ3v) is 9.97. The molecule has 3 N–H and O–H groups in total. The van der Waals surface area contributed by atoms with E-state index in [-0.39, 0.29) is 40.6 Å². The summed E-state index contributed by atoms with van der Waals surface area (Å²) in [6.07, 6.45) is 3.80. The topological polar surface area (TPSA) is 103 Å². The van der Waals surface area contributed by atoms with E-state index in [4.69, 9.17) is 4.74 Å². The summed E-state index contributed by atoms with van der Waals surface area (Å²) < 4.78 is 48.2. The zero-order valence-corrected chi connectivity index (χ0v) is 27.2. The van der Waals surface area contributed by atoms with Crippen molar-refractivity contribution in [1.82, 2.24) is 24.7 Å². The van der Waals surface area contributed by atoms with Gasteiger partial charge in [-0.15, -0.1) is 0 Å². The van der Waals surface area contributed by atoms with E-state index in [9.17, 15) is 22.8 Å². The Morgan fingerprint density at radius 3 is 2.64 bits per heavy atom. The third-order valence-electron chi connectivity index (χ3n) is 8.21. The van der Waals surface area contributed by atoms with Crippen LogP contribution in [-0.2, 0) is 4.79 Å². The molecule has 2 aliphatic rings. The maximum absolute atomic E-state index is 13.7. The number of nitrogens with zero attached hydrogens (tertiary/aromatic N) is 4. The fourth-order valence-corrected chi connectivity index (χ4v) is 7.44. The molecule has 2 aliphatic heterocycles. The number of halogens is 3. The minimum absolute atomic E-state index is 0.0218. The van der Waals surface area contributed by atoms with Crippen molar-refractivity contribution in [2.24, 2.45) is 0 Å². The van der Waals surface area contributed by atoms with Crippen LogP contribution in [0, 0.1) is 11.8 Å². The number of ether oxygens (including phenoxy) is 1. The average molecular weight is 691 g/mol. The standard InChI is InChI=1S/C31H36F3N7O3Se/c1-35-30(43)19-10-13-22(26(17-19)44-4)36-16-6-7-23-29(45-31(32,33)34)25-8-5-9-27(41(25)38-23)37-21-14-11-20-12-15-24(21)40(20)18-28(42)39(2)3/h5,8-10,13,17,20-21,24,36-37H,11-12,14-16,18H2,1-4H3,(H,35,43)/t20-,21-,24-/m1/s1. The van der Waals surface area contributed by atoms with Crippen molar-refractivity contribution in [2.75, 3.05) is 52.0 Å². The van der Waals surface area contributed by atoms with Gasteiger partial charge < -0.3 is 0 Å². The Hall–Kier alpha value is -3.92. The van der Waals surface area contributed by atoms with Crippen LogP contribution in [0.2, 0.25) is 0 Å². The normalized spacial score (nSPS) is 19.5. The molecule has 3 aromatic rings. The first-order valence-electron chi connectivity index (χ1n) is 14.6. The number of rotatable bonds is 9. The van der Waals surface area contributed by atoms with E-state index in [1.165, 1.54) is 18.7 Å². The Labute approximate surface area is 266 Å². The maximum atomic E-state index is 13.7. The summed E-state index contributed by atoms with van der Waals surface area (Å²) in [7, 11) is 6.52. The van der Waals surface area contributed by atoms with Crippen LogP contribution in [-0.4, -0.2) is 111 Å². The number of nitrogens with one attached hydrogen (secondary N) is 3. The molecule has 2 bridgehead atoms. The van der Waals surface area contributed by atoms with Crippen molar-refractivity contribution in [2.45, 2.75) is 48.9 Å². The van der Waals surface area contributed by atoms with Gasteiger partial charge >= 0.3 is 260 Å². The van der Waals surface area contributed by atoms with Gasteiger partial charge in [-0.25, -0.2) is 0 Å². The predicted molar refractivity (Wildman–Crippen MR) is 167 cm³/mol. The van der Waals surface area contributed by atoms with Gasteiger partial charge in [-0.2, -0.15) is 0 Å². The molecule has 0 aliphatic carbocycles. The van der Waals surface area contributed by atoms with Crippen LogP contribution in [0.25, 0.3) is 5.52 Å². The van der Waals surface area contributed by atoms with Crippen LogP contribution in [0.3, 0.4) is 0 Å². The molecule has 0 unspecified atom stereocenters. The SMILES string of the molecule is CNC(=O)c1ccc(NCC#Cc2nn3c(N[C@@H]4CC[C@@H]5CC[C@H]4N5CC(=O)N(C)C)cccc3c2[Se]C(F)(F)F)c(OC)c1. The van der Waals surface area contributed by atoms with Gasteiger partial charge in [0, 0.05) is 7.05 Å². The number of benzene rings is 1. The van der Waals surface area contributed by atoms with Crippen LogP contribution < -0.4 is 25.1 Å². The van der Waals surface area contributed by atoms with Crippen LogP contribution in [0.4, 0.5) is 24.7 Å². The Kier molecular flexibility index (Phi) is 9.82. The summed E-state index contributed by atoms with van der Waals surface area (Å²) in [5, 5.41) is 9.38. The molecule has 0 saturated carbocycles. The average Bonchev–Trinajstić information content (AvgIpc) is 3.49. The molecule has 2 saturated heterocycles. The zero-order chi connectivity index (χ0) is 32.3. The summed E-state index contributed by atoms with van der Waals surface area (Å²) in [6, 6.07) is 10.6. The second kappa shape index (κ2) is 13.6. The molecule has 2 aromatic heterocycles. The van der Waals surface area contributed by atoms with Gasteiger partial charge in [0.05, 0.1) is 0 Å². The van der Waals surface area contributed by atoms with Gasteiger partial charge in [0.15, 0.2) is 0 Å². The number of piperidine rings is 1. The van der Waals surface area contributed by atoms with Crippen LogP contribution in [0.5, 0.6) is 5.75 Å². The molecule has 1 aromatic carbocycles. The fourth-order valence-electron chi connectivity index (χ4n) is 6.02. The zero-order valence-electron chi connectivity index (χ0n) is 25.5. The van der Waals surface area contributed by atoms with Crippen molar-refractivity contribution in [3.63, 3.8) is 0 Å². The second-order valence-electron chi connectivity index (χ2n) is 11.2. The van der Waals surface area contributed by atoms with Crippen molar-refractivity contribution >= 4 is 48.3 Å². The number of likely N-dealkylation sites (N-methyl/N-ethyl adjacent to an activating group) is 1. The van der Waals surface area contributed by atoms with Gasteiger partial charge in [-0.1, -0.05) is 0 Å². The Bertz CT molecular complexity index is 1630. The number of methoxy groups -OCH3 is 1. The van der Waals surface area contributed by atoms with E-state index < -0.39 is 20.0 Å². The molecule has 2 amide bonds. The van der Waals surface area contributed by atoms with E-state index in [1.807, 2.05) is 6.07 Å². The monoisotopic (exact) mass is 691 g/mol. The molecule has 14 heteroatoms. The van der Waals surface area contributed by atoms with Crippen molar-refractivity contribution in [3.8, 4) is 17.6 Å². The summed E-state index contributed by atoms with van der Waals surface area (Å²) in [6.45, 7) is 0.460. The number of aromatic nitrogens is 2. The van der Waals surface area contributed by atoms with Crippen molar-refractivity contribution in [1.29, 1.82) is 0 Å². The predicted octanol–water partition coefficient (Wildman–Crippen LogP) is 2.51. The number of alkyl halides is 3. The first kappa shape index (κ1) is 32.5. The molecule has 3 atom stereocenters. The molecule has 240 valence electrons. The van der Waals surface area contributed by atoms with E-state index in [0.29, 0.717) is 40.9 Å². The van der Waals surface area contributed by atoms with E-state index in [2.05, 4.69) is 37.8 Å². The number of pyridine rings is 1. The second-order valence-corrected chi connectivity index (χ2v) is 13.4. The quantitative estimate of drug-likeness (QED) is 0.235. The Morgan fingerprint density at radius 1 is 1.16 bits per heavy atom. The van der Waals surface area contributed by atoms with Crippen molar-refractivity contribution in [3.05, 3.63) is 47.7 Å². The van der Waals surface area contributed by atoms with Gasteiger partial charge in [-0.3, -0.25) is 0 Å². The van der Waals surface area contributed by atoms with Gasteiger partial charge in [0.25, 0.3) is 0 Å². The third kappa shape index (κ3) is 7.32. The van der Waals surface area contributed by atoms with Gasteiger partial charge in [-0.05, 0) is 0 Å². The molecule has 10 nitrogen and oxygen atoms in total. The fraction of sp³-hybridized carbons (Fsp3) is 0.452. The van der Waals surface area contributed by atoms with E-state index in [1.54, 1.807) is 49.3 Å². The Morgan fingerprint density at radius 2 is 1.93 bits per heavy atom. The molecule has 5 rings (SSSR count). The van der Waals surface area contributed by atoms with Crippen molar-refractivity contribution < 1.29 is 27.5 Å². The summed E-state index contributed by atoms with van der Waals surface area (Å²) in [5.74, 6) is 6.58. The van der Waals surface area contributed by atoms with Crippen LogP contribution in [0.15, 0.2) is 36.4 Å². The van der Waals surface area contributed by atoms with Gasteiger partial charge in [0.1, 0.15) is 0 Å². The minimum atomic E-state index is -4.39. The molecular formula is C31H36F3N7O3Se. The number of carbonyl (C=O) groups excluding carboxylic acids is 2.